The van der Waals surface area contributed by atoms with E-state index in [1.165, 1.54) is 55.5 Å². The van der Waals surface area contributed by atoms with Crippen LogP contribution in [0.15, 0.2) is 152 Å². The van der Waals surface area contributed by atoms with Gasteiger partial charge in [-0.3, -0.25) is 0 Å². The van der Waals surface area contributed by atoms with E-state index in [4.69, 9.17) is 4.74 Å². The van der Waals surface area contributed by atoms with Gasteiger partial charge in [-0.2, -0.15) is 5.26 Å². The van der Waals surface area contributed by atoms with Crippen molar-refractivity contribution < 1.29 is 4.74 Å². The fourth-order valence-corrected chi connectivity index (χ4v) is 8.49. The van der Waals surface area contributed by atoms with Crippen molar-refractivity contribution >= 4 is 10.8 Å². The third kappa shape index (κ3) is 4.46. The fourth-order valence-electron chi connectivity index (χ4n) is 8.49. The number of nitriles is 1. The Morgan fingerprint density at radius 1 is 0.592 bits per heavy atom. The minimum Gasteiger partial charge on any atom is -0.477 e. The van der Waals surface area contributed by atoms with Crippen molar-refractivity contribution in [1.29, 1.82) is 5.26 Å². The van der Waals surface area contributed by atoms with Gasteiger partial charge in [-0.05, 0) is 91.6 Å². The molecule has 1 unspecified atom stereocenters. The molecule has 2 aliphatic rings. The molecule has 0 N–H and O–H groups in total. The Morgan fingerprint density at radius 3 is 1.80 bits per heavy atom. The second kappa shape index (κ2) is 11.1. The molecule has 0 fully saturated rings. The molecule has 9 rings (SSSR count). The molecule has 49 heavy (non-hydrogen) atoms. The van der Waals surface area contributed by atoms with E-state index < -0.39 is 5.60 Å². The smallest absolute Gasteiger partial charge is 0.159 e. The Hall–Kier alpha value is -5.91. The van der Waals surface area contributed by atoms with E-state index in [2.05, 4.69) is 166 Å². The topological polar surface area (TPSA) is 33.0 Å². The van der Waals surface area contributed by atoms with Crippen molar-refractivity contribution in [3.8, 4) is 45.2 Å². The zero-order chi connectivity index (χ0) is 33.2. The van der Waals surface area contributed by atoms with Crippen LogP contribution >= 0.6 is 0 Å². The average Bonchev–Trinajstić information content (AvgIpc) is 3.41. The summed E-state index contributed by atoms with van der Waals surface area (Å²) in [4.78, 5) is 0. The van der Waals surface area contributed by atoms with Gasteiger partial charge in [-0.1, -0.05) is 153 Å². The first-order valence-corrected chi connectivity index (χ1v) is 17.1. The zero-order valence-electron chi connectivity index (χ0n) is 27.7. The van der Waals surface area contributed by atoms with Crippen LogP contribution < -0.4 is 4.74 Å². The first-order valence-electron chi connectivity index (χ1n) is 17.1. The molecular weight excluding hydrogens is 595 g/mol. The predicted octanol–water partition coefficient (Wildman–Crippen LogP) is 11.6. The van der Waals surface area contributed by atoms with Gasteiger partial charge in [0.05, 0.1) is 11.6 Å². The molecule has 1 atom stereocenters. The molecule has 2 nitrogen and oxygen atoms in total. The number of rotatable bonds is 4. The van der Waals surface area contributed by atoms with Gasteiger partial charge >= 0.3 is 0 Å². The third-order valence-electron chi connectivity index (χ3n) is 10.9. The molecule has 0 saturated carbocycles. The number of benzene rings is 7. The van der Waals surface area contributed by atoms with Gasteiger partial charge < -0.3 is 4.74 Å². The monoisotopic (exact) mass is 629 g/mol. The highest BCUT2D eigenvalue weighted by Gasteiger charge is 2.46. The molecule has 0 spiro atoms. The Balaban J connectivity index is 1.17. The lowest BCUT2D eigenvalue weighted by Crippen LogP contribution is -2.39. The van der Waals surface area contributed by atoms with Crippen LogP contribution in [0.1, 0.15) is 53.6 Å². The van der Waals surface area contributed by atoms with Crippen molar-refractivity contribution in [3.05, 3.63) is 185 Å². The van der Waals surface area contributed by atoms with E-state index in [0.29, 0.717) is 5.56 Å². The quantitative estimate of drug-likeness (QED) is 0.194. The highest BCUT2D eigenvalue weighted by molar-refractivity contribution is 6.06. The summed E-state index contributed by atoms with van der Waals surface area (Å²) in [5.74, 6) is 0.978. The maximum absolute atomic E-state index is 9.76. The average molecular weight is 630 g/mol. The molecule has 7 aromatic rings. The predicted molar refractivity (Wildman–Crippen MR) is 200 cm³/mol. The lowest BCUT2D eigenvalue weighted by Gasteiger charge is -2.42. The van der Waals surface area contributed by atoms with Crippen molar-refractivity contribution in [3.63, 3.8) is 0 Å². The lowest BCUT2D eigenvalue weighted by molar-refractivity contribution is 0.0867. The third-order valence-corrected chi connectivity index (χ3v) is 10.9. The molecule has 0 radical (unpaired) electrons. The van der Waals surface area contributed by atoms with Crippen LogP contribution in [0.3, 0.4) is 0 Å². The Morgan fingerprint density at radius 2 is 1.14 bits per heavy atom. The molecule has 0 amide bonds. The Labute approximate surface area is 287 Å². The summed E-state index contributed by atoms with van der Waals surface area (Å²) >= 11 is 0. The minimum absolute atomic E-state index is 0.264. The second-order valence-electron chi connectivity index (χ2n) is 13.9. The van der Waals surface area contributed by atoms with Crippen LogP contribution in [0, 0.1) is 11.3 Å². The van der Waals surface area contributed by atoms with E-state index in [1.807, 2.05) is 6.07 Å². The molecule has 1 aliphatic heterocycles. The normalized spacial score (nSPS) is 17.0. The molecule has 0 aromatic heterocycles. The number of hydrogen-bond acceptors (Lipinski definition) is 2. The largest absolute Gasteiger partial charge is 0.477 e. The van der Waals surface area contributed by atoms with Crippen LogP contribution in [0.5, 0.6) is 5.75 Å². The van der Waals surface area contributed by atoms with E-state index in [9.17, 15) is 5.26 Å². The van der Waals surface area contributed by atoms with Crippen LogP contribution in [0.2, 0.25) is 0 Å². The minimum atomic E-state index is -0.648. The van der Waals surface area contributed by atoms with E-state index >= 15 is 0 Å². The zero-order valence-corrected chi connectivity index (χ0v) is 27.7. The summed E-state index contributed by atoms with van der Waals surface area (Å²) in [6.45, 7) is 4.61. The molecule has 234 valence electrons. The number of hydrogen-bond donors (Lipinski definition) is 0. The molecule has 1 aliphatic carbocycles. The van der Waals surface area contributed by atoms with Gasteiger partial charge in [0.2, 0.25) is 0 Å². The van der Waals surface area contributed by atoms with Crippen molar-refractivity contribution in [2.24, 2.45) is 0 Å². The standard InChI is InChI=1S/C47H35NO/c1-46(2)42-29-31(30-48)17-26-40(42)43-38-15-9-10-16-39(38)45-41(44(43)46)27-28-47(49-45,36-13-7-4-8-14-36)37-24-22-35(23-25-37)34-20-18-33(19-21-34)32-11-5-3-6-12-32/h3-26,29H,27-28H2,1-2H3. The van der Waals surface area contributed by atoms with E-state index in [1.54, 1.807) is 0 Å². The van der Waals surface area contributed by atoms with Gasteiger partial charge in [-0.25, -0.2) is 0 Å². The Kier molecular flexibility index (Phi) is 6.61. The summed E-state index contributed by atoms with van der Waals surface area (Å²) in [5.41, 5.74) is 13.3. The van der Waals surface area contributed by atoms with Gasteiger partial charge in [0.25, 0.3) is 0 Å². The van der Waals surface area contributed by atoms with Gasteiger partial charge in [0, 0.05) is 10.8 Å². The fraction of sp³-hybridized carbons (Fsp3) is 0.128. The summed E-state index contributed by atoms with van der Waals surface area (Å²) in [6, 6.07) is 56.3. The molecule has 7 aromatic carbocycles. The maximum atomic E-state index is 9.76. The first-order chi connectivity index (χ1) is 24.0. The van der Waals surface area contributed by atoms with Gasteiger partial charge in [0.15, 0.2) is 5.60 Å². The highest BCUT2D eigenvalue weighted by atomic mass is 16.5. The first kappa shape index (κ1) is 29.2. The molecular formula is C47H35NO. The highest BCUT2D eigenvalue weighted by Crippen LogP contribution is 2.58. The van der Waals surface area contributed by atoms with Gasteiger partial charge in [0.1, 0.15) is 5.75 Å². The summed E-state index contributed by atoms with van der Waals surface area (Å²) < 4.78 is 7.53. The van der Waals surface area contributed by atoms with Crippen LogP contribution in [-0.2, 0) is 17.4 Å². The van der Waals surface area contributed by atoms with E-state index in [0.717, 1.165) is 35.1 Å². The number of fused-ring (bicyclic) bond motifs is 8. The van der Waals surface area contributed by atoms with Crippen LogP contribution in [0.4, 0.5) is 0 Å². The van der Waals surface area contributed by atoms with Crippen molar-refractivity contribution in [2.75, 3.05) is 0 Å². The van der Waals surface area contributed by atoms with Crippen LogP contribution in [-0.4, -0.2) is 0 Å². The van der Waals surface area contributed by atoms with Crippen molar-refractivity contribution in [1.82, 2.24) is 0 Å². The number of ether oxygens (including phenoxy) is 1. The lowest BCUT2D eigenvalue weighted by atomic mass is 9.74. The molecule has 1 heterocycles. The second-order valence-corrected chi connectivity index (χ2v) is 13.9. The molecule has 0 bridgehead atoms. The molecule has 0 saturated heterocycles. The van der Waals surface area contributed by atoms with Crippen LogP contribution in [0.25, 0.3) is 44.2 Å². The molecule has 2 heteroatoms. The Bertz CT molecular complexity index is 2420. The maximum Gasteiger partial charge on any atom is 0.159 e. The summed E-state index contributed by atoms with van der Waals surface area (Å²) in [7, 11) is 0. The van der Waals surface area contributed by atoms with Crippen molar-refractivity contribution in [2.45, 2.75) is 37.7 Å². The van der Waals surface area contributed by atoms with Gasteiger partial charge in [-0.15, -0.1) is 0 Å². The summed E-state index contributed by atoms with van der Waals surface area (Å²) in [5, 5.41) is 12.1. The SMILES string of the molecule is CC1(C)c2cc(C#N)ccc2-c2c1c1c(c3ccccc23)OC(c2ccccc2)(c2ccc(-c3ccc(-c4ccccc4)cc3)cc2)CC1. The summed E-state index contributed by atoms with van der Waals surface area (Å²) in [6.07, 6.45) is 1.69. The number of nitrogens with zero attached hydrogens (tertiary/aromatic N) is 1. The van der Waals surface area contributed by atoms with E-state index in [-0.39, 0.29) is 5.41 Å².